The molecule has 0 bridgehead atoms. The molecule has 2 atom stereocenters. The van der Waals surface area contributed by atoms with Crippen LogP contribution in [-0.4, -0.2) is 24.3 Å². The number of nitrogens with two attached hydrogens (primary N) is 1. The molecule has 5 heteroatoms. The molecular formula is C15H25N3O2. The smallest absolute Gasteiger partial charge is 0.316 e. The lowest BCUT2D eigenvalue weighted by Crippen LogP contribution is -2.26. The number of carbonyl (C=O) groups is 1. The number of anilines is 1. The number of nitrogens with one attached hydrogen (secondary N) is 2. The molecule has 5 nitrogen and oxygen atoms in total. The van der Waals surface area contributed by atoms with E-state index >= 15 is 0 Å². The van der Waals surface area contributed by atoms with Gasteiger partial charge in [0.05, 0.1) is 0 Å². The number of rotatable bonds is 8. The van der Waals surface area contributed by atoms with E-state index in [9.17, 15) is 4.79 Å². The summed E-state index contributed by atoms with van der Waals surface area (Å²) in [4.78, 5) is 10.7. The van der Waals surface area contributed by atoms with E-state index in [1.54, 1.807) is 0 Å². The maximum absolute atomic E-state index is 10.7. The van der Waals surface area contributed by atoms with Crippen molar-refractivity contribution in [1.82, 2.24) is 5.32 Å². The molecule has 2 amide bonds. The molecule has 0 aromatic heterocycles. The van der Waals surface area contributed by atoms with Crippen LogP contribution in [0, 0.1) is 5.92 Å². The predicted molar refractivity (Wildman–Crippen MR) is 81.5 cm³/mol. The zero-order valence-corrected chi connectivity index (χ0v) is 12.2. The van der Waals surface area contributed by atoms with Gasteiger partial charge in [0.25, 0.3) is 0 Å². The Labute approximate surface area is 120 Å². The van der Waals surface area contributed by atoms with Gasteiger partial charge in [-0.1, -0.05) is 25.5 Å². The zero-order valence-electron chi connectivity index (χ0n) is 12.2. The number of primary amides is 1. The highest BCUT2D eigenvalue weighted by Gasteiger charge is 2.09. The molecule has 0 radical (unpaired) electrons. The number of hydrogen-bond donors (Lipinski definition) is 4. The van der Waals surface area contributed by atoms with Crippen molar-refractivity contribution in [2.75, 3.05) is 18.5 Å². The third-order valence-electron chi connectivity index (χ3n) is 3.51. The largest absolute Gasteiger partial charge is 0.396 e. The van der Waals surface area contributed by atoms with E-state index in [0.717, 1.165) is 24.9 Å². The number of urea groups is 1. The molecule has 1 rings (SSSR count). The van der Waals surface area contributed by atoms with Crippen LogP contribution < -0.4 is 16.4 Å². The lowest BCUT2D eigenvalue weighted by atomic mass is 10.0. The Kier molecular flexibility index (Phi) is 7.04. The summed E-state index contributed by atoms with van der Waals surface area (Å²) in [6, 6.07) is 7.28. The van der Waals surface area contributed by atoms with E-state index in [1.807, 2.05) is 24.3 Å². The number of aliphatic hydroxyl groups excluding tert-OH is 1. The summed E-state index contributed by atoms with van der Waals surface area (Å²) in [6.45, 7) is 5.36. The van der Waals surface area contributed by atoms with Crippen molar-refractivity contribution >= 4 is 11.7 Å². The summed E-state index contributed by atoms with van der Waals surface area (Å²) in [6.07, 6.45) is 1.89. The van der Waals surface area contributed by atoms with Crippen LogP contribution in [-0.2, 0) is 0 Å². The molecule has 0 saturated carbocycles. The summed E-state index contributed by atoms with van der Waals surface area (Å²) in [5.41, 5.74) is 6.91. The first-order valence-electron chi connectivity index (χ1n) is 7.07. The lowest BCUT2D eigenvalue weighted by Gasteiger charge is -2.19. The van der Waals surface area contributed by atoms with Gasteiger partial charge < -0.3 is 21.5 Å². The Morgan fingerprint density at radius 2 is 2.00 bits per heavy atom. The Bertz CT molecular complexity index is 406. The number of aliphatic hydroxyl groups is 1. The number of carbonyl (C=O) groups excluding carboxylic acids is 1. The molecule has 5 N–H and O–H groups in total. The molecule has 0 fully saturated rings. The van der Waals surface area contributed by atoms with Crippen LogP contribution in [0.2, 0.25) is 0 Å². The fourth-order valence-corrected chi connectivity index (χ4v) is 2.09. The lowest BCUT2D eigenvalue weighted by molar-refractivity contribution is 0.249. The first kappa shape index (κ1) is 16.5. The highest BCUT2D eigenvalue weighted by Crippen LogP contribution is 2.17. The normalized spacial score (nSPS) is 13.8. The van der Waals surface area contributed by atoms with Crippen LogP contribution in [0.5, 0.6) is 0 Å². The average molecular weight is 279 g/mol. The van der Waals surface area contributed by atoms with Gasteiger partial charge in [0.1, 0.15) is 0 Å². The van der Waals surface area contributed by atoms with Gasteiger partial charge >= 0.3 is 6.03 Å². The predicted octanol–water partition coefficient (Wildman–Crippen LogP) is 2.24. The van der Waals surface area contributed by atoms with E-state index in [-0.39, 0.29) is 12.6 Å². The van der Waals surface area contributed by atoms with Crippen LogP contribution >= 0.6 is 0 Å². The zero-order chi connectivity index (χ0) is 15.0. The van der Waals surface area contributed by atoms with Crippen molar-refractivity contribution in [3.05, 3.63) is 29.8 Å². The number of hydrogen-bond acceptors (Lipinski definition) is 3. The Balaban J connectivity index is 2.50. The molecule has 112 valence electrons. The van der Waals surface area contributed by atoms with Crippen molar-refractivity contribution < 1.29 is 9.90 Å². The first-order chi connectivity index (χ1) is 9.56. The molecule has 0 spiro atoms. The molecule has 0 aliphatic carbocycles. The summed E-state index contributed by atoms with van der Waals surface area (Å²) in [7, 11) is 0. The van der Waals surface area contributed by atoms with Gasteiger partial charge in [-0.3, -0.25) is 0 Å². The van der Waals surface area contributed by atoms with E-state index in [4.69, 9.17) is 10.8 Å². The van der Waals surface area contributed by atoms with Crippen LogP contribution in [0.25, 0.3) is 0 Å². The second-order valence-electron chi connectivity index (χ2n) is 5.03. The minimum absolute atomic E-state index is 0.227. The fraction of sp³-hybridized carbons (Fsp3) is 0.533. The third-order valence-corrected chi connectivity index (χ3v) is 3.51. The Hall–Kier alpha value is -1.59. The van der Waals surface area contributed by atoms with Crippen molar-refractivity contribution in [2.45, 2.75) is 32.7 Å². The van der Waals surface area contributed by atoms with Crippen LogP contribution in [0.1, 0.15) is 38.3 Å². The minimum atomic E-state index is -0.557. The second kappa shape index (κ2) is 8.55. The maximum Gasteiger partial charge on any atom is 0.316 e. The maximum atomic E-state index is 10.7. The van der Waals surface area contributed by atoms with Crippen LogP contribution in [0.3, 0.4) is 0 Å². The molecule has 20 heavy (non-hydrogen) atoms. The van der Waals surface area contributed by atoms with E-state index in [1.165, 1.54) is 0 Å². The van der Waals surface area contributed by atoms with Crippen molar-refractivity contribution in [2.24, 2.45) is 11.7 Å². The molecule has 1 aromatic carbocycles. The van der Waals surface area contributed by atoms with Gasteiger partial charge in [0.2, 0.25) is 0 Å². The first-order valence-corrected chi connectivity index (χ1v) is 7.07. The van der Waals surface area contributed by atoms with Crippen LogP contribution in [0.4, 0.5) is 10.5 Å². The molecule has 0 heterocycles. The Morgan fingerprint density at radius 1 is 1.35 bits per heavy atom. The monoisotopic (exact) mass is 279 g/mol. The summed E-state index contributed by atoms with van der Waals surface area (Å²) in [5.74, 6) is 0.498. The highest BCUT2D eigenvalue weighted by molar-refractivity contribution is 5.87. The Morgan fingerprint density at radius 3 is 2.50 bits per heavy atom. The number of amides is 2. The molecule has 0 saturated heterocycles. The quantitative estimate of drug-likeness (QED) is 0.588. The SMILES string of the molecule is CCC(CCO)CNC(C)c1ccc(NC(N)=O)cc1. The van der Waals surface area contributed by atoms with E-state index < -0.39 is 6.03 Å². The second-order valence-corrected chi connectivity index (χ2v) is 5.03. The van der Waals surface area contributed by atoms with Gasteiger partial charge in [0, 0.05) is 18.3 Å². The third kappa shape index (κ3) is 5.59. The average Bonchev–Trinajstić information content (AvgIpc) is 2.43. The summed E-state index contributed by atoms with van der Waals surface area (Å²) in [5, 5.41) is 15.0. The molecule has 0 aliphatic rings. The minimum Gasteiger partial charge on any atom is -0.396 e. The van der Waals surface area contributed by atoms with E-state index in [0.29, 0.717) is 11.6 Å². The topological polar surface area (TPSA) is 87.4 Å². The van der Waals surface area contributed by atoms with E-state index in [2.05, 4.69) is 24.5 Å². The molecule has 0 aliphatic heterocycles. The van der Waals surface area contributed by atoms with Crippen molar-refractivity contribution in [1.29, 1.82) is 0 Å². The standard InChI is InChI=1S/C15H25N3O2/c1-3-12(8-9-19)10-17-11(2)13-4-6-14(7-5-13)18-15(16)20/h4-7,11-12,17,19H,3,8-10H2,1-2H3,(H3,16,18,20). The van der Waals surface area contributed by atoms with Crippen molar-refractivity contribution in [3.63, 3.8) is 0 Å². The van der Waals surface area contributed by atoms with Gasteiger partial charge in [0.15, 0.2) is 0 Å². The highest BCUT2D eigenvalue weighted by atomic mass is 16.3. The van der Waals surface area contributed by atoms with Crippen LogP contribution in [0.15, 0.2) is 24.3 Å². The van der Waals surface area contributed by atoms with Gasteiger partial charge in [-0.15, -0.1) is 0 Å². The van der Waals surface area contributed by atoms with Gasteiger partial charge in [-0.2, -0.15) is 0 Å². The summed E-state index contributed by atoms with van der Waals surface area (Å²) >= 11 is 0. The fourth-order valence-electron chi connectivity index (χ4n) is 2.09. The summed E-state index contributed by atoms with van der Waals surface area (Å²) < 4.78 is 0. The van der Waals surface area contributed by atoms with Gasteiger partial charge in [-0.05, 0) is 43.5 Å². The van der Waals surface area contributed by atoms with Crippen molar-refractivity contribution in [3.8, 4) is 0 Å². The van der Waals surface area contributed by atoms with Gasteiger partial charge in [-0.25, -0.2) is 4.79 Å². The molecule has 1 aromatic rings. The molecule has 2 unspecified atom stereocenters. The molecular weight excluding hydrogens is 254 g/mol. The number of benzene rings is 1.